The minimum Gasteiger partial charge on any atom is -0.378 e. The molecule has 18 heavy (non-hydrogen) atoms. The Labute approximate surface area is 110 Å². The van der Waals surface area contributed by atoms with Gasteiger partial charge in [-0.2, -0.15) is 0 Å². The van der Waals surface area contributed by atoms with Gasteiger partial charge in [-0.25, -0.2) is 0 Å². The van der Waals surface area contributed by atoms with E-state index in [9.17, 15) is 0 Å². The summed E-state index contributed by atoms with van der Waals surface area (Å²) in [6, 6.07) is 9.73. The van der Waals surface area contributed by atoms with E-state index in [2.05, 4.69) is 29.6 Å². The molecule has 1 N–H and O–H groups in total. The third kappa shape index (κ3) is 2.60. The van der Waals surface area contributed by atoms with Crippen molar-refractivity contribution in [2.45, 2.75) is 50.2 Å². The second kappa shape index (κ2) is 5.02. The van der Waals surface area contributed by atoms with E-state index in [1.54, 1.807) is 0 Å². The van der Waals surface area contributed by atoms with Crippen molar-refractivity contribution in [1.29, 1.82) is 0 Å². The van der Waals surface area contributed by atoms with Crippen LogP contribution in [0.1, 0.15) is 49.3 Å². The molecular formula is C16H23NO. The van der Waals surface area contributed by atoms with E-state index < -0.39 is 0 Å². The Morgan fingerprint density at radius 2 is 2.00 bits per heavy atom. The molecule has 1 unspecified atom stereocenters. The Morgan fingerprint density at radius 1 is 1.22 bits per heavy atom. The van der Waals surface area contributed by atoms with Crippen LogP contribution in [0, 0.1) is 0 Å². The van der Waals surface area contributed by atoms with E-state index in [0.29, 0.717) is 6.04 Å². The van der Waals surface area contributed by atoms with Gasteiger partial charge in [-0.15, -0.1) is 0 Å². The molecule has 0 radical (unpaired) electrons. The van der Waals surface area contributed by atoms with Gasteiger partial charge in [-0.05, 0) is 43.4 Å². The van der Waals surface area contributed by atoms with Gasteiger partial charge in [0.1, 0.15) is 0 Å². The number of rotatable bonds is 4. The molecule has 98 valence electrons. The number of hydrogen-bond donors (Lipinski definition) is 1. The first kappa shape index (κ1) is 12.2. The fraction of sp³-hybridized carbons (Fsp3) is 0.625. The molecule has 1 aromatic rings. The van der Waals surface area contributed by atoms with Crippen LogP contribution in [0.5, 0.6) is 0 Å². The number of hydrogen-bond acceptors (Lipinski definition) is 2. The number of ether oxygens (including phenoxy) is 1. The first-order valence-electron chi connectivity index (χ1n) is 7.19. The fourth-order valence-electron chi connectivity index (χ4n) is 2.97. The lowest BCUT2D eigenvalue weighted by atomic mass is 9.95. The molecule has 0 spiro atoms. The maximum Gasteiger partial charge on any atom is 0.0721 e. The lowest BCUT2D eigenvalue weighted by Crippen LogP contribution is -2.26. The van der Waals surface area contributed by atoms with Gasteiger partial charge in [-0.3, -0.25) is 0 Å². The average molecular weight is 245 g/mol. The molecular weight excluding hydrogens is 222 g/mol. The predicted octanol–water partition coefficient (Wildman–Crippen LogP) is 3.22. The topological polar surface area (TPSA) is 21.3 Å². The Bertz CT molecular complexity index is 388. The van der Waals surface area contributed by atoms with Crippen molar-refractivity contribution < 1.29 is 4.74 Å². The molecule has 0 bridgehead atoms. The van der Waals surface area contributed by atoms with Crippen LogP contribution in [0.25, 0.3) is 0 Å². The minimum atomic E-state index is 0.171. The summed E-state index contributed by atoms with van der Waals surface area (Å²) in [6.07, 6.45) is 7.46. The van der Waals surface area contributed by atoms with Gasteiger partial charge < -0.3 is 10.1 Å². The number of methoxy groups -OCH3 is 1. The van der Waals surface area contributed by atoms with Gasteiger partial charge >= 0.3 is 0 Å². The second-order valence-electron chi connectivity index (χ2n) is 5.81. The molecule has 1 saturated carbocycles. The van der Waals surface area contributed by atoms with Crippen LogP contribution in [0.15, 0.2) is 24.3 Å². The number of benzene rings is 1. The summed E-state index contributed by atoms with van der Waals surface area (Å²) in [4.78, 5) is 0. The smallest absolute Gasteiger partial charge is 0.0721 e. The molecule has 1 aliphatic carbocycles. The zero-order chi connectivity index (χ0) is 12.4. The molecule has 1 aliphatic heterocycles. The summed E-state index contributed by atoms with van der Waals surface area (Å²) in [5.41, 5.74) is 3.03. The van der Waals surface area contributed by atoms with Crippen LogP contribution in [-0.2, 0) is 11.2 Å². The van der Waals surface area contributed by atoms with Crippen molar-refractivity contribution in [2.75, 3.05) is 13.7 Å². The van der Waals surface area contributed by atoms with Crippen molar-refractivity contribution in [3.05, 3.63) is 35.4 Å². The highest BCUT2D eigenvalue weighted by Gasteiger charge is 2.42. The predicted molar refractivity (Wildman–Crippen MR) is 73.7 cm³/mol. The molecule has 1 aromatic carbocycles. The van der Waals surface area contributed by atoms with Crippen LogP contribution in [0.2, 0.25) is 0 Å². The third-order valence-electron chi connectivity index (χ3n) is 4.46. The van der Waals surface area contributed by atoms with Gasteiger partial charge in [0, 0.05) is 19.6 Å². The number of nitrogens with one attached hydrogen (secondary N) is 1. The summed E-state index contributed by atoms with van der Waals surface area (Å²) in [5, 5.41) is 3.60. The maximum atomic E-state index is 5.59. The molecule has 3 rings (SSSR count). The third-order valence-corrected chi connectivity index (χ3v) is 4.46. The minimum absolute atomic E-state index is 0.171. The molecule has 0 amide bonds. The first-order valence-corrected chi connectivity index (χ1v) is 7.19. The molecule has 1 heterocycles. The van der Waals surface area contributed by atoms with Gasteiger partial charge in [-0.1, -0.05) is 30.7 Å². The summed E-state index contributed by atoms with van der Waals surface area (Å²) in [5.74, 6) is 0. The van der Waals surface area contributed by atoms with Gasteiger partial charge in [0.25, 0.3) is 0 Å². The molecule has 0 aromatic heterocycles. The molecule has 2 aliphatic rings. The van der Waals surface area contributed by atoms with Crippen LogP contribution in [-0.4, -0.2) is 19.3 Å². The molecule has 2 nitrogen and oxygen atoms in total. The summed E-state index contributed by atoms with van der Waals surface area (Å²) in [7, 11) is 1.84. The Kier molecular flexibility index (Phi) is 3.40. The molecule has 2 fully saturated rings. The van der Waals surface area contributed by atoms with Crippen molar-refractivity contribution in [3.63, 3.8) is 0 Å². The van der Waals surface area contributed by atoms with Crippen LogP contribution >= 0.6 is 0 Å². The van der Waals surface area contributed by atoms with Gasteiger partial charge in [0.05, 0.1) is 5.60 Å². The summed E-state index contributed by atoms with van der Waals surface area (Å²) < 4.78 is 5.59. The Hall–Kier alpha value is -0.860. The van der Waals surface area contributed by atoms with E-state index in [-0.39, 0.29) is 5.60 Å². The van der Waals surface area contributed by atoms with Crippen molar-refractivity contribution in [3.8, 4) is 0 Å². The number of piperidine rings is 1. The van der Waals surface area contributed by atoms with E-state index in [1.165, 1.54) is 49.8 Å². The fourth-order valence-corrected chi connectivity index (χ4v) is 2.97. The van der Waals surface area contributed by atoms with Crippen LogP contribution in [0.4, 0.5) is 0 Å². The average Bonchev–Trinajstić information content (AvgIpc) is 3.21. The second-order valence-corrected chi connectivity index (χ2v) is 5.81. The maximum absolute atomic E-state index is 5.59. The molecule has 2 heteroatoms. The zero-order valence-electron chi connectivity index (χ0n) is 11.2. The van der Waals surface area contributed by atoms with E-state index in [4.69, 9.17) is 4.74 Å². The van der Waals surface area contributed by atoms with E-state index in [1.807, 2.05) is 7.11 Å². The van der Waals surface area contributed by atoms with Crippen LogP contribution in [0.3, 0.4) is 0 Å². The van der Waals surface area contributed by atoms with Crippen molar-refractivity contribution in [1.82, 2.24) is 5.32 Å². The van der Waals surface area contributed by atoms with E-state index >= 15 is 0 Å². The lowest BCUT2D eigenvalue weighted by Gasteiger charge is -2.24. The SMILES string of the molecule is COC1(Cc2ccc(C3CCCCN3)cc2)CC1. The van der Waals surface area contributed by atoms with Gasteiger partial charge in [0.2, 0.25) is 0 Å². The quantitative estimate of drug-likeness (QED) is 0.879. The molecule has 1 saturated heterocycles. The van der Waals surface area contributed by atoms with E-state index in [0.717, 1.165) is 6.42 Å². The Morgan fingerprint density at radius 3 is 2.56 bits per heavy atom. The summed E-state index contributed by atoms with van der Waals surface area (Å²) >= 11 is 0. The highest BCUT2D eigenvalue weighted by molar-refractivity contribution is 5.27. The lowest BCUT2D eigenvalue weighted by molar-refractivity contribution is 0.0807. The summed E-state index contributed by atoms with van der Waals surface area (Å²) in [6.45, 7) is 1.17. The Balaban J connectivity index is 1.65. The zero-order valence-corrected chi connectivity index (χ0v) is 11.2. The standard InChI is InChI=1S/C16H23NO/c1-18-16(9-10-16)12-13-5-7-14(8-6-13)15-4-2-3-11-17-15/h5-8,15,17H,2-4,9-12H2,1H3. The first-order chi connectivity index (χ1) is 8.81. The largest absolute Gasteiger partial charge is 0.378 e. The highest BCUT2D eigenvalue weighted by atomic mass is 16.5. The van der Waals surface area contributed by atoms with Crippen LogP contribution < -0.4 is 5.32 Å². The van der Waals surface area contributed by atoms with Crippen molar-refractivity contribution in [2.24, 2.45) is 0 Å². The van der Waals surface area contributed by atoms with Gasteiger partial charge in [0.15, 0.2) is 0 Å². The van der Waals surface area contributed by atoms with Crippen molar-refractivity contribution >= 4 is 0 Å². The highest BCUT2D eigenvalue weighted by Crippen LogP contribution is 2.41. The molecule has 1 atom stereocenters. The normalized spacial score (nSPS) is 25.9. The monoisotopic (exact) mass is 245 g/mol.